The minimum absolute atomic E-state index is 0.0332. The molecule has 2 amide bonds. The predicted octanol–water partition coefficient (Wildman–Crippen LogP) is -0.429. The van der Waals surface area contributed by atoms with Crippen molar-refractivity contribution in [2.75, 3.05) is 26.0 Å². The molecule has 1 aromatic rings. The number of amides is 2. The second-order valence-electron chi connectivity index (χ2n) is 6.35. The summed E-state index contributed by atoms with van der Waals surface area (Å²) < 4.78 is 29.1. The van der Waals surface area contributed by atoms with E-state index in [0.29, 0.717) is 0 Å². The summed E-state index contributed by atoms with van der Waals surface area (Å²) >= 11 is 0. The van der Waals surface area contributed by atoms with E-state index in [1.54, 1.807) is 0 Å². The van der Waals surface area contributed by atoms with Crippen molar-refractivity contribution in [1.29, 1.82) is 0 Å². The van der Waals surface area contributed by atoms with Gasteiger partial charge in [0.2, 0.25) is 10.0 Å². The van der Waals surface area contributed by atoms with Crippen LogP contribution in [0.4, 0.5) is 5.69 Å². The van der Waals surface area contributed by atoms with Gasteiger partial charge < -0.3 is 4.74 Å². The molecule has 1 fully saturated rings. The molecule has 0 bridgehead atoms. The van der Waals surface area contributed by atoms with Crippen LogP contribution in [0.15, 0.2) is 24.3 Å². The fourth-order valence-corrected chi connectivity index (χ4v) is 3.55. The number of sulfonamides is 1. The Morgan fingerprint density at radius 1 is 1.24 bits per heavy atom. The molecule has 1 aliphatic heterocycles. The highest BCUT2D eigenvalue weighted by molar-refractivity contribution is 7.88. The van der Waals surface area contributed by atoms with E-state index in [1.807, 2.05) is 5.43 Å². The van der Waals surface area contributed by atoms with E-state index in [0.717, 1.165) is 12.3 Å². The van der Waals surface area contributed by atoms with Crippen LogP contribution >= 0.6 is 0 Å². The van der Waals surface area contributed by atoms with Crippen LogP contribution in [0.25, 0.3) is 0 Å². The molecule has 0 radical (unpaired) electrons. The number of carbonyl (C=O) groups is 3. The lowest BCUT2D eigenvalue weighted by Crippen LogP contribution is -2.44. The van der Waals surface area contributed by atoms with Crippen molar-refractivity contribution in [2.45, 2.75) is 12.8 Å². The number of hydrazine groups is 1. The standard InChI is InChI=1S/C16H20N4O8S/c1-29(26,27)19-7-5-11(6-8-19)16(23)28-10-14(21)17-18-15(22)12-3-2-4-13(9-12)20(24)25/h2-4,9,11H,5-8,10H2,1H3,(H,17,21)(H,18,22). The van der Waals surface area contributed by atoms with Crippen molar-refractivity contribution in [2.24, 2.45) is 5.92 Å². The topological polar surface area (TPSA) is 165 Å². The molecule has 1 aliphatic rings. The SMILES string of the molecule is CS(=O)(=O)N1CCC(C(=O)OCC(=O)NNC(=O)c2cccc([N+](=O)[O-])c2)CC1. The third-order valence-corrected chi connectivity index (χ3v) is 5.54. The van der Waals surface area contributed by atoms with E-state index in [4.69, 9.17) is 4.74 Å². The summed E-state index contributed by atoms with van der Waals surface area (Å²) in [7, 11) is -3.31. The Labute approximate surface area is 166 Å². The number of non-ortho nitro benzene ring substituents is 1. The molecule has 29 heavy (non-hydrogen) atoms. The predicted molar refractivity (Wildman–Crippen MR) is 98.8 cm³/mol. The number of nitro groups is 1. The van der Waals surface area contributed by atoms with Gasteiger partial charge in [-0.25, -0.2) is 12.7 Å². The summed E-state index contributed by atoms with van der Waals surface area (Å²) in [6.45, 7) is -0.242. The molecule has 12 nitrogen and oxygen atoms in total. The van der Waals surface area contributed by atoms with E-state index >= 15 is 0 Å². The molecule has 0 saturated carbocycles. The summed E-state index contributed by atoms with van der Waals surface area (Å²) in [6.07, 6.45) is 1.67. The monoisotopic (exact) mass is 428 g/mol. The van der Waals surface area contributed by atoms with Gasteiger partial charge in [-0.3, -0.25) is 35.3 Å². The van der Waals surface area contributed by atoms with Gasteiger partial charge in [0.25, 0.3) is 17.5 Å². The lowest BCUT2D eigenvalue weighted by Gasteiger charge is -2.28. The Hall–Kier alpha value is -3.06. The molecule has 0 atom stereocenters. The van der Waals surface area contributed by atoms with E-state index in [-0.39, 0.29) is 37.2 Å². The second kappa shape index (κ2) is 9.43. The van der Waals surface area contributed by atoms with Crippen LogP contribution in [-0.2, 0) is 24.3 Å². The van der Waals surface area contributed by atoms with Crippen LogP contribution in [0, 0.1) is 16.0 Å². The van der Waals surface area contributed by atoms with E-state index in [9.17, 15) is 32.9 Å². The van der Waals surface area contributed by atoms with Crippen LogP contribution in [0.1, 0.15) is 23.2 Å². The number of ether oxygens (including phenoxy) is 1. The minimum Gasteiger partial charge on any atom is -0.455 e. The molecule has 1 saturated heterocycles. The number of benzene rings is 1. The van der Waals surface area contributed by atoms with Crippen LogP contribution in [0.5, 0.6) is 0 Å². The van der Waals surface area contributed by atoms with Crippen molar-refractivity contribution in [1.82, 2.24) is 15.2 Å². The highest BCUT2D eigenvalue weighted by Crippen LogP contribution is 2.20. The quantitative estimate of drug-likeness (QED) is 0.350. The van der Waals surface area contributed by atoms with Gasteiger partial charge >= 0.3 is 5.97 Å². The van der Waals surface area contributed by atoms with Crippen LogP contribution in [-0.4, -0.2) is 61.4 Å². The number of hydrogen-bond acceptors (Lipinski definition) is 8. The number of carbonyl (C=O) groups excluding carboxylic acids is 3. The van der Waals surface area contributed by atoms with Gasteiger partial charge in [0, 0.05) is 30.8 Å². The summed E-state index contributed by atoms with van der Waals surface area (Å²) in [5.74, 6) is -2.72. The minimum atomic E-state index is -3.31. The number of hydrogen-bond donors (Lipinski definition) is 2. The largest absolute Gasteiger partial charge is 0.455 e. The molecule has 1 aromatic carbocycles. The first-order chi connectivity index (χ1) is 13.6. The fraction of sp³-hybridized carbons (Fsp3) is 0.438. The van der Waals surface area contributed by atoms with E-state index in [2.05, 4.69) is 5.43 Å². The highest BCUT2D eigenvalue weighted by Gasteiger charge is 2.30. The third-order valence-electron chi connectivity index (χ3n) is 4.24. The number of nitrogens with one attached hydrogen (secondary N) is 2. The lowest BCUT2D eigenvalue weighted by molar-refractivity contribution is -0.384. The highest BCUT2D eigenvalue weighted by atomic mass is 32.2. The molecule has 2 rings (SSSR count). The first kappa shape index (κ1) is 22.2. The molecule has 2 N–H and O–H groups in total. The average molecular weight is 428 g/mol. The van der Waals surface area contributed by atoms with E-state index < -0.39 is 45.3 Å². The van der Waals surface area contributed by atoms with Crippen molar-refractivity contribution in [3.63, 3.8) is 0 Å². The van der Waals surface area contributed by atoms with Crippen molar-refractivity contribution in [3.8, 4) is 0 Å². The van der Waals surface area contributed by atoms with Gasteiger partial charge in [-0.15, -0.1) is 0 Å². The molecule has 158 valence electrons. The number of rotatable bonds is 6. The first-order valence-electron chi connectivity index (χ1n) is 8.53. The Kier molecular flexibility index (Phi) is 7.23. The van der Waals surface area contributed by atoms with Gasteiger partial charge in [0.15, 0.2) is 6.61 Å². The summed E-state index contributed by atoms with van der Waals surface area (Å²) in [5, 5.41) is 10.7. The van der Waals surface area contributed by atoms with Crippen molar-refractivity contribution < 1.29 is 32.5 Å². The Bertz CT molecular complexity index is 909. The summed E-state index contributed by atoms with van der Waals surface area (Å²) in [5.41, 5.74) is 3.80. The maximum Gasteiger partial charge on any atom is 0.309 e. The molecular formula is C16H20N4O8S. The Morgan fingerprint density at radius 2 is 1.90 bits per heavy atom. The Balaban J connectivity index is 1.74. The number of nitro benzene ring substituents is 1. The van der Waals surface area contributed by atoms with Gasteiger partial charge in [0.05, 0.1) is 17.1 Å². The van der Waals surface area contributed by atoms with Gasteiger partial charge in [-0.2, -0.15) is 0 Å². The fourth-order valence-electron chi connectivity index (χ4n) is 2.67. The van der Waals surface area contributed by atoms with Crippen LogP contribution in [0.2, 0.25) is 0 Å². The molecule has 13 heteroatoms. The third kappa shape index (κ3) is 6.50. The lowest BCUT2D eigenvalue weighted by atomic mass is 9.98. The summed E-state index contributed by atoms with van der Waals surface area (Å²) in [6, 6.07) is 4.92. The second-order valence-corrected chi connectivity index (χ2v) is 8.34. The maximum atomic E-state index is 12.0. The van der Waals surface area contributed by atoms with Crippen molar-refractivity contribution >= 4 is 33.5 Å². The number of esters is 1. The first-order valence-corrected chi connectivity index (χ1v) is 10.4. The molecule has 0 aromatic heterocycles. The molecule has 0 unspecified atom stereocenters. The normalized spacial score (nSPS) is 15.3. The Morgan fingerprint density at radius 3 is 2.48 bits per heavy atom. The van der Waals surface area contributed by atoms with Crippen LogP contribution in [0.3, 0.4) is 0 Å². The van der Waals surface area contributed by atoms with Gasteiger partial charge in [0.1, 0.15) is 0 Å². The van der Waals surface area contributed by atoms with E-state index in [1.165, 1.54) is 22.5 Å². The average Bonchev–Trinajstić information content (AvgIpc) is 2.69. The zero-order valence-corrected chi connectivity index (χ0v) is 16.3. The molecule has 0 aliphatic carbocycles. The number of piperidine rings is 1. The van der Waals surface area contributed by atoms with Crippen LogP contribution < -0.4 is 10.9 Å². The molecule has 1 heterocycles. The zero-order valence-electron chi connectivity index (χ0n) is 15.5. The smallest absolute Gasteiger partial charge is 0.309 e. The van der Waals surface area contributed by atoms with Crippen molar-refractivity contribution in [3.05, 3.63) is 39.9 Å². The number of nitrogens with zero attached hydrogens (tertiary/aromatic N) is 2. The molecule has 0 spiro atoms. The van der Waals surface area contributed by atoms with Gasteiger partial charge in [-0.05, 0) is 18.9 Å². The maximum absolute atomic E-state index is 12.0. The molecular weight excluding hydrogens is 408 g/mol. The summed E-state index contributed by atoms with van der Waals surface area (Å²) in [4.78, 5) is 45.7. The van der Waals surface area contributed by atoms with Gasteiger partial charge in [-0.1, -0.05) is 6.07 Å². The zero-order chi connectivity index (χ0) is 21.6.